The van der Waals surface area contributed by atoms with E-state index < -0.39 is 11.9 Å². The number of imidazole rings is 2. The Labute approximate surface area is 88.6 Å². The molecule has 0 aliphatic heterocycles. The van der Waals surface area contributed by atoms with Gasteiger partial charge in [-0.05, 0) is 0 Å². The molecular weight excluding hydrogens is 216 g/mol. The molecule has 0 radical (unpaired) electrons. The number of H-pyrrole nitrogens is 2. The normalized spacial score (nSPS) is 9.75. The highest BCUT2D eigenvalue weighted by Crippen LogP contribution is 2.02. The lowest BCUT2D eigenvalue weighted by molar-refractivity contribution is -0.156. The molecule has 0 amide bonds. The van der Waals surface area contributed by atoms with Crippen molar-refractivity contribution < 1.29 is 19.1 Å². The smallest absolute Gasteiger partial charge is 0.384 e. The average molecular weight is 222 g/mol. The fourth-order valence-electron chi connectivity index (χ4n) is 0.872. The van der Waals surface area contributed by atoms with Crippen molar-refractivity contribution in [2.45, 2.75) is 0 Å². The van der Waals surface area contributed by atoms with Crippen LogP contribution in [0.15, 0.2) is 24.8 Å². The molecule has 8 nitrogen and oxygen atoms in total. The zero-order valence-corrected chi connectivity index (χ0v) is 7.84. The molecule has 2 aromatic heterocycles. The summed E-state index contributed by atoms with van der Waals surface area (Å²) in [7, 11) is 0. The molecule has 2 heterocycles. The lowest BCUT2D eigenvalue weighted by Gasteiger charge is -1.99. The summed E-state index contributed by atoms with van der Waals surface area (Å²) in [5.74, 6) is -2.38. The molecule has 0 bridgehead atoms. The number of carbonyl (C=O) groups excluding carboxylic acids is 2. The van der Waals surface area contributed by atoms with E-state index in [9.17, 15) is 9.59 Å². The summed E-state index contributed by atoms with van der Waals surface area (Å²) in [6, 6.07) is -0.164. The van der Waals surface area contributed by atoms with Crippen LogP contribution in [-0.4, -0.2) is 31.9 Å². The van der Waals surface area contributed by atoms with Crippen LogP contribution in [0.25, 0.3) is 0 Å². The summed E-state index contributed by atoms with van der Waals surface area (Å²) < 4.78 is 9.09. The number of carbonyl (C=O) groups is 2. The number of esters is 2. The number of hydrogen-bond acceptors (Lipinski definition) is 6. The van der Waals surface area contributed by atoms with Gasteiger partial charge in [-0.1, -0.05) is 0 Å². The van der Waals surface area contributed by atoms with Gasteiger partial charge in [-0.15, -0.1) is 0 Å². The van der Waals surface area contributed by atoms with Crippen molar-refractivity contribution in [3.05, 3.63) is 24.8 Å². The Balaban J connectivity index is 1.92. The molecule has 2 aromatic rings. The molecule has 82 valence electrons. The van der Waals surface area contributed by atoms with Gasteiger partial charge in [0.1, 0.15) is 0 Å². The summed E-state index contributed by atoms with van der Waals surface area (Å²) in [5, 5.41) is 0. The molecule has 0 aliphatic rings. The number of ether oxygens (including phenoxy) is 2. The molecular formula is C8H6N4O4. The average Bonchev–Trinajstić information content (AvgIpc) is 2.90. The Morgan fingerprint density at radius 3 is 1.69 bits per heavy atom. The second kappa shape index (κ2) is 4.26. The lowest BCUT2D eigenvalue weighted by Crippen LogP contribution is -2.26. The van der Waals surface area contributed by atoms with E-state index in [1.165, 1.54) is 24.8 Å². The largest absolute Gasteiger partial charge is 0.425 e. The van der Waals surface area contributed by atoms with Gasteiger partial charge in [-0.25, -0.2) is 19.6 Å². The zero-order chi connectivity index (χ0) is 11.4. The SMILES string of the molecule is O=C(Oc1ncc[nH]1)C(=O)Oc1ncc[nH]1. The van der Waals surface area contributed by atoms with E-state index in [1.54, 1.807) is 0 Å². The van der Waals surface area contributed by atoms with E-state index in [1.807, 2.05) is 0 Å². The maximum atomic E-state index is 11.1. The molecule has 0 saturated carbocycles. The summed E-state index contributed by atoms with van der Waals surface area (Å²) >= 11 is 0. The highest BCUT2D eigenvalue weighted by molar-refractivity contribution is 6.30. The third kappa shape index (κ3) is 2.23. The Morgan fingerprint density at radius 1 is 0.938 bits per heavy atom. The molecule has 0 saturated heterocycles. The first kappa shape index (κ1) is 9.90. The van der Waals surface area contributed by atoms with Gasteiger partial charge in [0.15, 0.2) is 0 Å². The first-order valence-corrected chi connectivity index (χ1v) is 4.18. The van der Waals surface area contributed by atoms with E-state index in [4.69, 9.17) is 0 Å². The first-order chi connectivity index (χ1) is 7.75. The Bertz CT molecular complexity index is 430. The minimum absolute atomic E-state index is 0.0820. The number of rotatable bonds is 2. The molecule has 2 N–H and O–H groups in total. The molecule has 0 spiro atoms. The van der Waals surface area contributed by atoms with Gasteiger partial charge < -0.3 is 19.4 Å². The summed E-state index contributed by atoms with van der Waals surface area (Å²) in [5.41, 5.74) is 0. The van der Waals surface area contributed by atoms with Crippen LogP contribution in [-0.2, 0) is 9.59 Å². The Hall–Kier alpha value is -2.64. The van der Waals surface area contributed by atoms with Crippen molar-refractivity contribution in [3.63, 3.8) is 0 Å². The third-order valence-corrected chi connectivity index (χ3v) is 1.49. The van der Waals surface area contributed by atoms with Gasteiger partial charge in [0, 0.05) is 24.8 Å². The first-order valence-electron chi connectivity index (χ1n) is 4.18. The number of nitrogens with zero attached hydrogens (tertiary/aromatic N) is 2. The highest BCUT2D eigenvalue weighted by atomic mass is 16.6. The van der Waals surface area contributed by atoms with Gasteiger partial charge in [0.25, 0.3) is 0 Å². The van der Waals surface area contributed by atoms with Crippen molar-refractivity contribution in [1.82, 2.24) is 19.9 Å². The van der Waals surface area contributed by atoms with Crippen molar-refractivity contribution in [3.8, 4) is 12.0 Å². The molecule has 16 heavy (non-hydrogen) atoms. The maximum absolute atomic E-state index is 11.1. The summed E-state index contributed by atoms with van der Waals surface area (Å²) in [6.45, 7) is 0. The van der Waals surface area contributed by atoms with Gasteiger partial charge in [0.05, 0.1) is 0 Å². The fourth-order valence-corrected chi connectivity index (χ4v) is 0.872. The van der Waals surface area contributed by atoms with Crippen molar-refractivity contribution >= 4 is 11.9 Å². The molecule has 0 aliphatic carbocycles. The van der Waals surface area contributed by atoms with E-state index in [-0.39, 0.29) is 12.0 Å². The summed E-state index contributed by atoms with van der Waals surface area (Å²) in [4.78, 5) is 34.5. The highest BCUT2D eigenvalue weighted by Gasteiger charge is 2.21. The van der Waals surface area contributed by atoms with Gasteiger partial charge in [-0.3, -0.25) is 0 Å². The maximum Gasteiger partial charge on any atom is 0.425 e. The van der Waals surface area contributed by atoms with Crippen LogP contribution in [0.1, 0.15) is 0 Å². The second-order valence-corrected chi connectivity index (χ2v) is 2.57. The minimum Gasteiger partial charge on any atom is -0.384 e. The minimum atomic E-state index is -1.19. The number of aromatic amines is 2. The van der Waals surface area contributed by atoms with Crippen LogP contribution in [0.3, 0.4) is 0 Å². The van der Waals surface area contributed by atoms with E-state index >= 15 is 0 Å². The molecule has 0 fully saturated rings. The molecule has 8 heteroatoms. The van der Waals surface area contributed by atoms with Crippen LogP contribution < -0.4 is 9.47 Å². The van der Waals surface area contributed by atoms with Crippen LogP contribution in [0.4, 0.5) is 0 Å². The monoisotopic (exact) mass is 222 g/mol. The van der Waals surface area contributed by atoms with Gasteiger partial charge in [0.2, 0.25) is 0 Å². The predicted molar refractivity (Wildman–Crippen MR) is 48.4 cm³/mol. The second-order valence-electron chi connectivity index (χ2n) is 2.57. The number of hydrogen-bond donors (Lipinski definition) is 2. The molecule has 0 aromatic carbocycles. The number of nitrogens with one attached hydrogen (secondary N) is 2. The third-order valence-electron chi connectivity index (χ3n) is 1.49. The standard InChI is InChI=1S/C8H6N4O4/c13-5(15-7-9-1-2-10-7)6(14)16-8-11-3-4-12-8/h1-4H,(H,9,10)(H,11,12). The fraction of sp³-hybridized carbons (Fsp3) is 0. The van der Waals surface area contributed by atoms with Crippen LogP contribution in [0.5, 0.6) is 12.0 Å². The van der Waals surface area contributed by atoms with E-state index in [0.29, 0.717) is 0 Å². The number of aromatic nitrogens is 4. The van der Waals surface area contributed by atoms with Gasteiger partial charge >= 0.3 is 24.0 Å². The topological polar surface area (TPSA) is 110 Å². The van der Waals surface area contributed by atoms with Crippen LogP contribution >= 0.6 is 0 Å². The van der Waals surface area contributed by atoms with Crippen LogP contribution in [0, 0.1) is 0 Å². The molecule has 2 rings (SSSR count). The van der Waals surface area contributed by atoms with Crippen LogP contribution in [0.2, 0.25) is 0 Å². The Morgan fingerprint density at radius 2 is 1.38 bits per heavy atom. The van der Waals surface area contributed by atoms with E-state index in [0.717, 1.165) is 0 Å². The molecule has 0 unspecified atom stereocenters. The van der Waals surface area contributed by atoms with Crippen molar-refractivity contribution in [2.75, 3.05) is 0 Å². The zero-order valence-electron chi connectivity index (χ0n) is 7.84. The quantitative estimate of drug-likeness (QED) is 0.530. The van der Waals surface area contributed by atoms with E-state index in [2.05, 4.69) is 29.4 Å². The lowest BCUT2D eigenvalue weighted by atomic mass is 10.7. The predicted octanol–water partition coefficient (Wildman–Crippen LogP) is -0.356. The van der Waals surface area contributed by atoms with Crippen molar-refractivity contribution in [2.24, 2.45) is 0 Å². The summed E-state index contributed by atoms with van der Waals surface area (Å²) in [6.07, 6.45) is 5.64. The molecule has 0 atom stereocenters. The van der Waals surface area contributed by atoms with Crippen molar-refractivity contribution in [1.29, 1.82) is 0 Å². The Kier molecular flexibility index (Phi) is 2.63. The van der Waals surface area contributed by atoms with Gasteiger partial charge in [-0.2, -0.15) is 0 Å².